The standard InChI is InChI=1S/C88H110N6O4S2/c1-7-11-15-19-23-27-31-35-39-59(40-36-32-28-24-20-16-12-8-2)55-93-85(95)65-49-45-61-71-62(46-50-66(73(65)71)86(93)96)78-77(61)89-81-75(69-53-43-57(5)99-69)83-84(76(82(81)90-78)70-54-44-58(6)100-70)92-80-64-48-52-68-74-67(51-47-63(72(64)74)79(80)91-83)87(97)94(88(68)98)56-60(41-37-33-29-25-21-17-13-9-3)42-38-34-30-26-22-18-14-10-4/h43-54,59-60,71,79H,7-42,55-56H2,1-6H3. The van der Waals surface area contributed by atoms with Gasteiger partial charge < -0.3 is 0 Å². The summed E-state index contributed by atoms with van der Waals surface area (Å²) in [6.45, 7) is 14.3. The number of imide groups is 2. The first-order chi connectivity index (χ1) is 49.0. The molecule has 3 aliphatic heterocycles. The van der Waals surface area contributed by atoms with Crippen LogP contribution in [0.25, 0.3) is 53.8 Å². The molecular weight excluding hydrogens is 1270 g/mol. The van der Waals surface area contributed by atoms with Crippen LogP contribution in [0.2, 0.25) is 0 Å². The number of benzene rings is 3. The van der Waals surface area contributed by atoms with Crippen LogP contribution in [0.15, 0.2) is 99.5 Å². The maximum absolute atomic E-state index is 15.1. The number of aliphatic imine (C=N–C) groups is 1. The first-order valence-corrected chi connectivity index (χ1v) is 41.6. The maximum Gasteiger partial charge on any atom is 0.261 e. The highest BCUT2D eigenvalue weighted by Gasteiger charge is 2.48. The molecule has 6 heterocycles. The molecule has 0 saturated heterocycles. The molecule has 0 N–H and O–H groups in total. The largest absolute Gasteiger partial charge is 0.274 e. The van der Waals surface area contributed by atoms with Crippen LogP contribution in [0.3, 0.4) is 0 Å². The molecule has 100 heavy (non-hydrogen) atoms. The van der Waals surface area contributed by atoms with Crippen molar-refractivity contribution in [2.75, 3.05) is 13.1 Å². The summed E-state index contributed by atoms with van der Waals surface area (Å²) in [4.78, 5) is 91.4. The topological polar surface area (TPSA) is 125 Å². The van der Waals surface area contributed by atoms with Crippen molar-refractivity contribution in [2.45, 2.75) is 279 Å². The third-order valence-corrected chi connectivity index (χ3v) is 25.1. The van der Waals surface area contributed by atoms with E-state index in [-0.39, 0.29) is 41.4 Å². The van der Waals surface area contributed by atoms with Gasteiger partial charge in [-0.25, -0.2) is 15.0 Å². The van der Waals surface area contributed by atoms with Crippen LogP contribution in [0.1, 0.15) is 312 Å². The number of hydrogen-bond donors (Lipinski definition) is 0. The third-order valence-electron chi connectivity index (χ3n) is 23.1. The van der Waals surface area contributed by atoms with E-state index in [1.807, 2.05) is 24.3 Å². The van der Waals surface area contributed by atoms with Crippen molar-refractivity contribution < 1.29 is 19.2 Å². The quantitative estimate of drug-likeness (QED) is 0.0278. The van der Waals surface area contributed by atoms with E-state index >= 15 is 19.2 Å². The number of unbranched alkanes of at least 4 members (excludes halogenated alkanes) is 28. The number of allylic oxidation sites excluding steroid dienone is 4. The minimum Gasteiger partial charge on any atom is -0.274 e. The molecule has 4 amide bonds. The molecule has 0 spiro atoms. The summed E-state index contributed by atoms with van der Waals surface area (Å²) in [7, 11) is 0. The number of aromatic nitrogens is 2. The maximum atomic E-state index is 15.1. The summed E-state index contributed by atoms with van der Waals surface area (Å²) in [6.07, 6.45) is 52.5. The molecule has 2 atom stereocenters. The van der Waals surface area contributed by atoms with E-state index in [9.17, 15) is 0 Å². The molecule has 0 saturated carbocycles. The molecule has 10 nitrogen and oxygen atoms in total. The lowest BCUT2D eigenvalue weighted by Crippen LogP contribution is -2.47. The fourth-order valence-electron chi connectivity index (χ4n) is 17.6. The van der Waals surface area contributed by atoms with Crippen LogP contribution >= 0.6 is 22.7 Å². The van der Waals surface area contributed by atoms with Crippen LogP contribution in [-0.4, -0.2) is 62.2 Å². The minimum absolute atomic E-state index is 0.184. The molecule has 0 fully saturated rings. The lowest BCUT2D eigenvalue weighted by atomic mass is 9.73. The van der Waals surface area contributed by atoms with Crippen molar-refractivity contribution >= 4 is 90.7 Å². The van der Waals surface area contributed by atoms with Crippen LogP contribution in [0.5, 0.6) is 0 Å². The van der Waals surface area contributed by atoms with E-state index in [4.69, 9.17) is 20.0 Å². The van der Waals surface area contributed by atoms with Gasteiger partial charge in [-0.1, -0.05) is 257 Å². The molecule has 2 unspecified atom stereocenters. The van der Waals surface area contributed by atoms with Crippen molar-refractivity contribution in [2.24, 2.45) is 27.7 Å². The van der Waals surface area contributed by atoms with Crippen molar-refractivity contribution in [3.05, 3.63) is 138 Å². The highest BCUT2D eigenvalue weighted by atomic mass is 32.1. The van der Waals surface area contributed by atoms with Gasteiger partial charge in [0.1, 0.15) is 22.8 Å². The molecule has 4 aliphatic carbocycles. The summed E-state index contributed by atoms with van der Waals surface area (Å²) in [6, 6.07) is 16.2. The van der Waals surface area contributed by atoms with Crippen LogP contribution < -0.4 is 10.7 Å². The zero-order valence-electron chi connectivity index (χ0n) is 61.2. The van der Waals surface area contributed by atoms with Gasteiger partial charge >= 0.3 is 0 Å². The summed E-state index contributed by atoms with van der Waals surface area (Å²) < 4.78 is 0. The molecule has 6 aromatic rings. The van der Waals surface area contributed by atoms with Crippen molar-refractivity contribution in [1.82, 2.24) is 19.8 Å². The second kappa shape index (κ2) is 33.6. The fourth-order valence-corrected chi connectivity index (χ4v) is 19.4. The van der Waals surface area contributed by atoms with Crippen LogP contribution in [0.4, 0.5) is 5.69 Å². The number of hydrogen-bond acceptors (Lipinski definition) is 10. The van der Waals surface area contributed by atoms with Gasteiger partial charge in [0.2, 0.25) is 0 Å². The number of nitrogens with zero attached hydrogens (tertiary/aromatic N) is 6. The van der Waals surface area contributed by atoms with Gasteiger partial charge in [0.05, 0.1) is 22.1 Å². The van der Waals surface area contributed by atoms with Gasteiger partial charge in [-0.2, -0.15) is 0 Å². The SMILES string of the molecule is CCCCCCCCCCC(CCCCCCCCCC)CN1C(=O)C2=CC=C3c4nc5c(-c6ccc(C)s6)c6c(c(-c7ccc(C)s7)c5nc4=C4C=CC(=C2C34)C1=O)N=C1c2ccc3c4c(ccc(c24)C1N=6)C(=O)N(CC(CCCCCCCCCC)CCCCCCCCCC)C3=O. The van der Waals surface area contributed by atoms with Crippen molar-refractivity contribution in [3.8, 4) is 20.9 Å². The summed E-state index contributed by atoms with van der Waals surface area (Å²) in [5.74, 6) is -0.599. The molecule has 0 radical (unpaired) electrons. The highest BCUT2D eigenvalue weighted by Crippen LogP contribution is 2.53. The molecule has 528 valence electrons. The van der Waals surface area contributed by atoms with Gasteiger partial charge in [-0.15, -0.1) is 22.7 Å². The monoisotopic (exact) mass is 1380 g/mol. The lowest BCUT2D eigenvalue weighted by molar-refractivity contribution is -0.141. The van der Waals surface area contributed by atoms with Crippen molar-refractivity contribution in [3.63, 3.8) is 0 Å². The van der Waals surface area contributed by atoms with E-state index in [0.717, 1.165) is 159 Å². The Hall–Kier alpha value is -6.76. The predicted molar refractivity (Wildman–Crippen MR) is 416 cm³/mol. The Morgan fingerprint density at radius 2 is 0.920 bits per heavy atom. The van der Waals surface area contributed by atoms with E-state index in [2.05, 4.69) is 90.1 Å². The Morgan fingerprint density at radius 1 is 0.460 bits per heavy atom. The summed E-state index contributed by atoms with van der Waals surface area (Å²) in [5.41, 5.74) is 12.4. The molecule has 3 aromatic heterocycles. The predicted octanol–water partition coefficient (Wildman–Crippen LogP) is 23.0. The zero-order chi connectivity index (χ0) is 69.2. The smallest absolute Gasteiger partial charge is 0.261 e. The first-order valence-electron chi connectivity index (χ1n) is 39.9. The Kier molecular flexibility index (Phi) is 24.0. The number of carbonyl (C=O) groups excluding carboxylic acids is 4. The lowest BCUT2D eigenvalue weighted by Gasteiger charge is -2.37. The van der Waals surface area contributed by atoms with Gasteiger partial charge in [-0.05, 0) is 128 Å². The second-order valence-electron chi connectivity index (χ2n) is 30.5. The molecule has 0 bridgehead atoms. The molecule has 7 aliphatic rings. The number of aryl methyl sites for hydroxylation is 2. The Morgan fingerprint density at radius 3 is 1.42 bits per heavy atom. The number of fused-ring (bicyclic) bond motifs is 7. The van der Waals surface area contributed by atoms with Gasteiger partial charge in [0, 0.05) is 82.9 Å². The normalized spacial score (nSPS) is 17.0. The van der Waals surface area contributed by atoms with E-state index in [1.54, 1.807) is 32.5 Å². The molecule has 3 aromatic carbocycles. The first kappa shape index (κ1) is 71.6. The zero-order valence-corrected chi connectivity index (χ0v) is 62.9. The highest BCUT2D eigenvalue weighted by molar-refractivity contribution is 7.16. The van der Waals surface area contributed by atoms with Gasteiger partial charge in [0.15, 0.2) is 0 Å². The average molecular weight is 1380 g/mol. The van der Waals surface area contributed by atoms with E-state index in [1.165, 1.54) is 180 Å². The Labute approximate surface area is 604 Å². The average Bonchev–Trinajstić information content (AvgIpc) is 1.51. The van der Waals surface area contributed by atoms with Crippen LogP contribution in [-0.2, 0) is 9.59 Å². The third kappa shape index (κ3) is 14.9. The summed E-state index contributed by atoms with van der Waals surface area (Å²) in [5, 5.41) is 3.11. The Bertz CT molecular complexity index is 4280. The number of rotatable bonds is 42. The fraction of sp³-hybridized carbons (Fsp3) is 0.545. The van der Waals surface area contributed by atoms with E-state index in [0.29, 0.717) is 35.4 Å². The van der Waals surface area contributed by atoms with Crippen molar-refractivity contribution in [1.29, 1.82) is 0 Å². The van der Waals surface area contributed by atoms with Crippen LogP contribution in [0, 0.1) is 31.6 Å². The number of amides is 4. The Balaban J connectivity index is 0.827. The minimum atomic E-state index is -0.500. The number of thiophene rings is 2. The van der Waals surface area contributed by atoms with Gasteiger partial charge in [0.25, 0.3) is 23.6 Å². The second-order valence-corrected chi connectivity index (χ2v) is 33.1. The molecular formula is C88H110N6O4S2. The molecule has 13 rings (SSSR count). The summed E-state index contributed by atoms with van der Waals surface area (Å²) >= 11 is 3.41. The van der Waals surface area contributed by atoms with E-state index < -0.39 is 6.04 Å². The van der Waals surface area contributed by atoms with Gasteiger partial charge in [-0.3, -0.25) is 34.0 Å². The number of carbonyl (C=O) groups is 4. The molecule has 12 heteroatoms.